The van der Waals surface area contributed by atoms with Gasteiger partial charge in [-0.2, -0.15) is 4.72 Å². The van der Waals surface area contributed by atoms with Crippen LogP contribution in [0.2, 0.25) is 5.02 Å². The summed E-state index contributed by atoms with van der Waals surface area (Å²) in [4.78, 5) is 14.3. The summed E-state index contributed by atoms with van der Waals surface area (Å²) in [7, 11) is -3.86. The summed E-state index contributed by atoms with van der Waals surface area (Å²) in [6.45, 7) is 4.46. The minimum Gasteiger partial charge on any atom is -0.311 e. The van der Waals surface area contributed by atoms with Crippen molar-refractivity contribution in [2.45, 2.75) is 31.2 Å². The SMILES string of the molecule is Cc1ccc(N2CCC(NS(=O)(=O)c3ccccc3Cl)C2=O)cc1C. The fraction of sp³-hybridized carbons (Fsp3) is 0.278. The molecule has 0 aromatic heterocycles. The van der Waals surface area contributed by atoms with E-state index in [1.165, 1.54) is 12.1 Å². The van der Waals surface area contributed by atoms with Crippen molar-refractivity contribution >= 4 is 33.2 Å². The van der Waals surface area contributed by atoms with E-state index in [1.54, 1.807) is 17.0 Å². The van der Waals surface area contributed by atoms with Crippen molar-refractivity contribution in [1.29, 1.82) is 0 Å². The number of nitrogens with zero attached hydrogens (tertiary/aromatic N) is 1. The first-order valence-corrected chi connectivity index (χ1v) is 9.81. The molecule has 1 N–H and O–H groups in total. The van der Waals surface area contributed by atoms with Gasteiger partial charge in [-0.3, -0.25) is 4.79 Å². The molecule has 25 heavy (non-hydrogen) atoms. The number of benzene rings is 2. The first-order chi connectivity index (χ1) is 11.8. The Labute approximate surface area is 152 Å². The number of amides is 1. The van der Waals surface area contributed by atoms with E-state index in [0.717, 1.165) is 16.8 Å². The Bertz CT molecular complexity index is 928. The topological polar surface area (TPSA) is 66.5 Å². The third-order valence-electron chi connectivity index (χ3n) is 4.43. The van der Waals surface area contributed by atoms with Crippen molar-refractivity contribution in [3.63, 3.8) is 0 Å². The second-order valence-corrected chi connectivity index (χ2v) is 8.24. The molecule has 1 amide bonds. The number of sulfonamides is 1. The van der Waals surface area contributed by atoms with Gasteiger partial charge in [0.25, 0.3) is 0 Å². The molecular formula is C18H19ClN2O3S. The van der Waals surface area contributed by atoms with Gasteiger partial charge in [0.1, 0.15) is 10.9 Å². The van der Waals surface area contributed by atoms with Crippen molar-refractivity contribution in [3.05, 3.63) is 58.6 Å². The highest BCUT2D eigenvalue weighted by atomic mass is 35.5. The fourth-order valence-electron chi connectivity index (χ4n) is 2.85. The molecule has 1 aliphatic heterocycles. The van der Waals surface area contributed by atoms with Crippen molar-refractivity contribution in [3.8, 4) is 0 Å². The molecule has 0 saturated carbocycles. The van der Waals surface area contributed by atoms with Gasteiger partial charge in [0.2, 0.25) is 15.9 Å². The lowest BCUT2D eigenvalue weighted by molar-refractivity contribution is -0.118. The highest BCUT2D eigenvalue weighted by molar-refractivity contribution is 7.89. The van der Waals surface area contributed by atoms with E-state index in [-0.39, 0.29) is 15.8 Å². The monoisotopic (exact) mass is 378 g/mol. The van der Waals surface area contributed by atoms with Crippen molar-refractivity contribution < 1.29 is 13.2 Å². The standard InChI is InChI=1S/C18H19ClN2O3S/c1-12-7-8-14(11-13(12)2)21-10-9-16(18(21)22)20-25(23,24)17-6-4-3-5-15(17)19/h3-8,11,16,20H,9-10H2,1-2H3. The molecule has 132 valence electrons. The van der Waals surface area contributed by atoms with E-state index < -0.39 is 16.1 Å². The molecule has 1 heterocycles. The molecule has 2 aromatic carbocycles. The molecule has 1 saturated heterocycles. The van der Waals surface area contributed by atoms with E-state index >= 15 is 0 Å². The summed E-state index contributed by atoms with van der Waals surface area (Å²) < 4.78 is 27.5. The summed E-state index contributed by atoms with van der Waals surface area (Å²) in [6, 6.07) is 11.2. The molecule has 1 atom stereocenters. The second-order valence-electron chi connectivity index (χ2n) is 6.15. The molecule has 7 heteroatoms. The number of hydrogen-bond acceptors (Lipinski definition) is 3. The zero-order valence-electron chi connectivity index (χ0n) is 14.0. The third kappa shape index (κ3) is 3.56. The Kier molecular flexibility index (Phi) is 4.86. The largest absolute Gasteiger partial charge is 0.311 e. The summed E-state index contributed by atoms with van der Waals surface area (Å²) in [6.07, 6.45) is 0.412. The minimum atomic E-state index is -3.86. The van der Waals surface area contributed by atoms with E-state index in [9.17, 15) is 13.2 Å². The third-order valence-corrected chi connectivity index (χ3v) is 6.40. The predicted octanol–water partition coefficient (Wildman–Crippen LogP) is 3.04. The smallest absolute Gasteiger partial charge is 0.245 e. The molecule has 1 unspecified atom stereocenters. The highest BCUT2D eigenvalue weighted by Crippen LogP contribution is 2.26. The molecule has 0 radical (unpaired) electrons. The minimum absolute atomic E-state index is 0.0194. The van der Waals surface area contributed by atoms with Crippen LogP contribution in [0.1, 0.15) is 17.5 Å². The maximum Gasteiger partial charge on any atom is 0.245 e. The van der Waals surface area contributed by atoms with Crippen LogP contribution in [0.3, 0.4) is 0 Å². The number of carbonyl (C=O) groups excluding carboxylic acids is 1. The summed E-state index contributed by atoms with van der Waals surface area (Å²) in [5.74, 6) is -0.251. The van der Waals surface area contributed by atoms with Crippen LogP contribution in [0.15, 0.2) is 47.4 Å². The normalized spacial score (nSPS) is 18.0. The molecule has 3 rings (SSSR count). The van der Waals surface area contributed by atoms with Gasteiger partial charge in [-0.15, -0.1) is 0 Å². The van der Waals surface area contributed by atoms with Crippen LogP contribution in [-0.2, 0) is 14.8 Å². The van der Waals surface area contributed by atoms with Crippen molar-refractivity contribution in [2.75, 3.05) is 11.4 Å². The van der Waals surface area contributed by atoms with Gasteiger partial charge in [-0.1, -0.05) is 29.8 Å². The van der Waals surface area contributed by atoms with Gasteiger partial charge in [0.05, 0.1) is 5.02 Å². The summed E-state index contributed by atoms with van der Waals surface area (Å²) in [5.41, 5.74) is 3.02. The maximum absolute atomic E-state index is 12.7. The number of rotatable bonds is 4. The molecule has 0 bridgehead atoms. The van der Waals surface area contributed by atoms with Gasteiger partial charge >= 0.3 is 0 Å². The van der Waals surface area contributed by atoms with E-state index in [1.807, 2.05) is 32.0 Å². The van der Waals surface area contributed by atoms with E-state index in [4.69, 9.17) is 11.6 Å². The number of aryl methyl sites for hydroxylation is 2. The van der Waals surface area contributed by atoms with Crippen molar-refractivity contribution in [1.82, 2.24) is 4.72 Å². The van der Waals surface area contributed by atoms with Crippen LogP contribution in [0.4, 0.5) is 5.69 Å². The Morgan fingerprint density at radius 2 is 1.84 bits per heavy atom. The van der Waals surface area contributed by atoms with Crippen molar-refractivity contribution in [2.24, 2.45) is 0 Å². The van der Waals surface area contributed by atoms with Gasteiger partial charge < -0.3 is 4.90 Å². The molecule has 0 aliphatic carbocycles. The lowest BCUT2D eigenvalue weighted by Crippen LogP contribution is -2.41. The molecule has 1 fully saturated rings. The van der Waals surface area contributed by atoms with E-state index in [2.05, 4.69) is 4.72 Å². The Morgan fingerprint density at radius 3 is 2.52 bits per heavy atom. The first-order valence-electron chi connectivity index (χ1n) is 7.95. The summed E-state index contributed by atoms with van der Waals surface area (Å²) in [5, 5.41) is 0.131. The van der Waals surface area contributed by atoms with Crippen LogP contribution in [0.5, 0.6) is 0 Å². The lowest BCUT2D eigenvalue weighted by atomic mass is 10.1. The maximum atomic E-state index is 12.7. The molecule has 1 aliphatic rings. The van der Waals surface area contributed by atoms with Crippen LogP contribution < -0.4 is 9.62 Å². The number of nitrogens with one attached hydrogen (secondary N) is 1. The van der Waals surface area contributed by atoms with Gasteiger partial charge in [-0.25, -0.2) is 8.42 Å². The second kappa shape index (κ2) is 6.78. The first kappa shape index (κ1) is 17.9. The molecule has 2 aromatic rings. The lowest BCUT2D eigenvalue weighted by Gasteiger charge is -2.18. The van der Waals surface area contributed by atoms with Crippen LogP contribution in [0.25, 0.3) is 0 Å². The summed E-state index contributed by atoms with van der Waals surface area (Å²) >= 11 is 5.97. The van der Waals surface area contributed by atoms with E-state index in [0.29, 0.717) is 13.0 Å². The molecule has 0 spiro atoms. The van der Waals surface area contributed by atoms with Gasteiger partial charge in [0, 0.05) is 12.2 Å². The Hall–Kier alpha value is -1.89. The number of hydrogen-bond donors (Lipinski definition) is 1. The molecular weight excluding hydrogens is 360 g/mol. The predicted molar refractivity (Wildman–Crippen MR) is 98.4 cm³/mol. The quantitative estimate of drug-likeness (QED) is 0.889. The highest BCUT2D eigenvalue weighted by Gasteiger charge is 2.36. The van der Waals surface area contributed by atoms with Gasteiger partial charge in [0.15, 0.2) is 0 Å². The van der Waals surface area contributed by atoms with Crippen LogP contribution in [0, 0.1) is 13.8 Å². The van der Waals surface area contributed by atoms with Crippen LogP contribution >= 0.6 is 11.6 Å². The molecule has 5 nitrogen and oxygen atoms in total. The Morgan fingerprint density at radius 1 is 1.12 bits per heavy atom. The fourth-order valence-corrected chi connectivity index (χ4v) is 4.60. The number of anilines is 1. The Balaban J connectivity index is 1.80. The zero-order valence-corrected chi connectivity index (χ0v) is 15.6. The zero-order chi connectivity index (χ0) is 18.2. The number of halogens is 1. The van der Waals surface area contributed by atoms with Gasteiger partial charge in [-0.05, 0) is 55.7 Å². The average Bonchev–Trinajstić information content (AvgIpc) is 2.91. The van der Waals surface area contributed by atoms with Crippen LogP contribution in [-0.4, -0.2) is 26.9 Å². The number of carbonyl (C=O) groups is 1. The average molecular weight is 379 g/mol.